The second-order valence-electron chi connectivity index (χ2n) is 4.71. The first-order chi connectivity index (χ1) is 10.3. The van der Waals surface area contributed by atoms with Gasteiger partial charge in [0.15, 0.2) is 11.5 Å². The van der Waals surface area contributed by atoms with E-state index in [-0.39, 0.29) is 0 Å². The molecule has 1 aliphatic heterocycles. The standard InChI is InChI=1S/C17H11BrN2O/c18-17-10-9-12(11-19-17)20-13-5-1-3-7-15(13)21-16-8-4-2-6-14(16)20/h1-11H. The number of hydrogen-bond donors (Lipinski definition) is 0. The maximum Gasteiger partial charge on any atom is 0.151 e. The lowest BCUT2D eigenvalue weighted by Gasteiger charge is -2.32. The highest BCUT2D eigenvalue weighted by Gasteiger charge is 2.25. The van der Waals surface area contributed by atoms with Gasteiger partial charge in [0, 0.05) is 0 Å². The van der Waals surface area contributed by atoms with Crippen LogP contribution in [-0.4, -0.2) is 4.98 Å². The van der Waals surface area contributed by atoms with Crippen molar-refractivity contribution in [3.8, 4) is 11.5 Å². The van der Waals surface area contributed by atoms with Gasteiger partial charge in [-0.25, -0.2) is 4.98 Å². The van der Waals surface area contributed by atoms with Crippen molar-refractivity contribution in [3.63, 3.8) is 0 Å². The van der Waals surface area contributed by atoms with Gasteiger partial charge in [-0.05, 0) is 52.3 Å². The fraction of sp³-hybridized carbons (Fsp3) is 0. The molecule has 1 aromatic heterocycles. The van der Waals surface area contributed by atoms with Crippen molar-refractivity contribution in [3.05, 3.63) is 71.5 Å². The monoisotopic (exact) mass is 338 g/mol. The molecule has 2 heterocycles. The van der Waals surface area contributed by atoms with Crippen molar-refractivity contribution >= 4 is 33.0 Å². The summed E-state index contributed by atoms with van der Waals surface area (Å²) in [7, 11) is 0. The van der Waals surface area contributed by atoms with E-state index in [4.69, 9.17) is 4.74 Å². The highest BCUT2D eigenvalue weighted by atomic mass is 79.9. The number of anilines is 3. The maximum atomic E-state index is 5.98. The van der Waals surface area contributed by atoms with E-state index in [2.05, 4.69) is 25.8 Å². The van der Waals surface area contributed by atoms with Crippen molar-refractivity contribution in [2.45, 2.75) is 0 Å². The molecule has 0 amide bonds. The normalized spacial score (nSPS) is 12.3. The Morgan fingerprint density at radius 1 is 0.810 bits per heavy atom. The molecule has 0 aliphatic carbocycles. The largest absolute Gasteiger partial charge is 0.453 e. The molecule has 0 radical (unpaired) electrons. The van der Waals surface area contributed by atoms with Crippen molar-refractivity contribution in [2.75, 3.05) is 4.90 Å². The Kier molecular flexibility index (Phi) is 2.89. The van der Waals surface area contributed by atoms with Crippen LogP contribution in [0.1, 0.15) is 0 Å². The van der Waals surface area contributed by atoms with Gasteiger partial charge in [-0.3, -0.25) is 0 Å². The SMILES string of the molecule is Brc1ccc(N2c3ccccc3Oc3ccccc32)cn1. The van der Waals surface area contributed by atoms with Crippen LogP contribution in [0, 0.1) is 0 Å². The van der Waals surface area contributed by atoms with E-state index >= 15 is 0 Å². The average molecular weight is 339 g/mol. The number of hydrogen-bond acceptors (Lipinski definition) is 3. The minimum Gasteiger partial charge on any atom is -0.453 e. The molecule has 0 bridgehead atoms. The number of para-hydroxylation sites is 4. The van der Waals surface area contributed by atoms with E-state index in [0.29, 0.717) is 0 Å². The van der Waals surface area contributed by atoms with Gasteiger partial charge in [0.1, 0.15) is 4.60 Å². The summed E-state index contributed by atoms with van der Waals surface area (Å²) in [6.07, 6.45) is 1.85. The van der Waals surface area contributed by atoms with E-state index < -0.39 is 0 Å². The zero-order chi connectivity index (χ0) is 14.2. The van der Waals surface area contributed by atoms with Gasteiger partial charge >= 0.3 is 0 Å². The minimum atomic E-state index is 0.820. The molecule has 0 N–H and O–H groups in total. The zero-order valence-electron chi connectivity index (χ0n) is 11.0. The number of pyridine rings is 1. The molecule has 3 nitrogen and oxygen atoms in total. The summed E-state index contributed by atoms with van der Waals surface area (Å²) >= 11 is 3.38. The topological polar surface area (TPSA) is 25.4 Å². The van der Waals surface area contributed by atoms with Crippen LogP contribution in [0.25, 0.3) is 0 Å². The van der Waals surface area contributed by atoms with E-state index in [1.165, 1.54) is 0 Å². The Bertz CT molecular complexity index is 756. The van der Waals surface area contributed by atoms with Crippen LogP contribution in [0.15, 0.2) is 71.5 Å². The number of halogens is 1. The number of fused-ring (bicyclic) bond motifs is 2. The molecule has 21 heavy (non-hydrogen) atoms. The molecular formula is C17H11BrN2O. The lowest BCUT2D eigenvalue weighted by Crippen LogP contribution is -2.15. The molecule has 0 fully saturated rings. The number of ether oxygens (including phenoxy) is 1. The molecule has 0 saturated heterocycles. The van der Waals surface area contributed by atoms with Crippen molar-refractivity contribution in [1.82, 2.24) is 4.98 Å². The molecule has 0 spiro atoms. The third kappa shape index (κ3) is 2.08. The van der Waals surface area contributed by atoms with Crippen molar-refractivity contribution < 1.29 is 4.74 Å². The van der Waals surface area contributed by atoms with Crippen molar-refractivity contribution in [2.24, 2.45) is 0 Å². The number of benzene rings is 2. The lowest BCUT2D eigenvalue weighted by atomic mass is 10.1. The predicted molar refractivity (Wildman–Crippen MR) is 86.7 cm³/mol. The van der Waals surface area contributed by atoms with Gasteiger partial charge < -0.3 is 9.64 Å². The summed E-state index contributed by atoms with van der Waals surface area (Å²) < 4.78 is 6.80. The van der Waals surface area contributed by atoms with Crippen LogP contribution in [0.3, 0.4) is 0 Å². The van der Waals surface area contributed by atoms with Gasteiger partial charge in [0.2, 0.25) is 0 Å². The van der Waals surface area contributed by atoms with Crippen LogP contribution >= 0.6 is 15.9 Å². The summed E-state index contributed by atoms with van der Waals surface area (Å²) in [5.41, 5.74) is 3.03. The van der Waals surface area contributed by atoms with Crippen LogP contribution in [0.5, 0.6) is 11.5 Å². The molecule has 1 aliphatic rings. The van der Waals surface area contributed by atoms with Gasteiger partial charge in [0.25, 0.3) is 0 Å². The van der Waals surface area contributed by atoms with E-state index in [1.807, 2.05) is 66.9 Å². The Morgan fingerprint density at radius 2 is 1.43 bits per heavy atom. The lowest BCUT2D eigenvalue weighted by molar-refractivity contribution is 0.477. The highest BCUT2D eigenvalue weighted by Crippen LogP contribution is 2.49. The van der Waals surface area contributed by atoms with E-state index in [1.54, 1.807) is 0 Å². The van der Waals surface area contributed by atoms with E-state index in [0.717, 1.165) is 33.2 Å². The Balaban J connectivity index is 1.95. The Morgan fingerprint density at radius 3 is 2.00 bits per heavy atom. The smallest absolute Gasteiger partial charge is 0.151 e. The molecule has 2 aromatic carbocycles. The molecule has 102 valence electrons. The van der Waals surface area contributed by atoms with E-state index in [9.17, 15) is 0 Å². The van der Waals surface area contributed by atoms with Gasteiger partial charge in [-0.2, -0.15) is 0 Å². The molecular weight excluding hydrogens is 328 g/mol. The van der Waals surface area contributed by atoms with Crippen LogP contribution in [0.4, 0.5) is 17.1 Å². The van der Waals surface area contributed by atoms with Crippen molar-refractivity contribution in [1.29, 1.82) is 0 Å². The second-order valence-corrected chi connectivity index (χ2v) is 5.52. The highest BCUT2D eigenvalue weighted by molar-refractivity contribution is 9.10. The quantitative estimate of drug-likeness (QED) is 0.433. The van der Waals surface area contributed by atoms with Crippen LogP contribution in [0.2, 0.25) is 0 Å². The van der Waals surface area contributed by atoms with Crippen LogP contribution in [-0.2, 0) is 0 Å². The van der Waals surface area contributed by atoms with Crippen LogP contribution < -0.4 is 9.64 Å². The number of nitrogens with zero attached hydrogens (tertiary/aromatic N) is 2. The minimum absolute atomic E-state index is 0.820. The fourth-order valence-corrected chi connectivity index (χ4v) is 2.72. The number of aromatic nitrogens is 1. The first-order valence-corrected chi connectivity index (χ1v) is 7.40. The maximum absolute atomic E-state index is 5.98. The molecule has 0 unspecified atom stereocenters. The molecule has 0 saturated carbocycles. The Hall–Kier alpha value is -2.33. The summed E-state index contributed by atoms with van der Waals surface area (Å²) in [6, 6.07) is 20.0. The summed E-state index contributed by atoms with van der Waals surface area (Å²) in [6.45, 7) is 0. The molecule has 4 rings (SSSR count). The molecule has 3 aromatic rings. The Labute approximate surface area is 131 Å². The predicted octanol–water partition coefficient (Wildman–Crippen LogP) is 5.42. The average Bonchev–Trinajstić information content (AvgIpc) is 2.53. The third-order valence-electron chi connectivity index (χ3n) is 3.40. The third-order valence-corrected chi connectivity index (χ3v) is 3.87. The van der Waals surface area contributed by atoms with Gasteiger partial charge in [-0.1, -0.05) is 24.3 Å². The van der Waals surface area contributed by atoms with Gasteiger partial charge in [-0.15, -0.1) is 0 Å². The molecule has 0 atom stereocenters. The summed E-state index contributed by atoms with van der Waals surface area (Å²) in [5.74, 6) is 1.69. The van der Waals surface area contributed by atoms with Gasteiger partial charge in [0.05, 0.1) is 23.3 Å². The summed E-state index contributed by atoms with van der Waals surface area (Å²) in [5, 5.41) is 0. The number of rotatable bonds is 1. The first-order valence-electron chi connectivity index (χ1n) is 6.60. The fourth-order valence-electron chi connectivity index (χ4n) is 2.48. The zero-order valence-corrected chi connectivity index (χ0v) is 12.6. The summed E-state index contributed by atoms with van der Waals surface area (Å²) in [4.78, 5) is 6.49. The first kappa shape index (κ1) is 12.4. The molecule has 4 heteroatoms. The second kappa shape index (κ2) is 4.90.